The van der Waals surface area contributed by atoms with Crippen molar-refractivity contribution in [2.45, 2.75) is 6.10 Å². The van der Waals surface area contributed by atoms with Crippen LogP contribution in [0.5, 0.6) is 0 Å². The van der Waals surface area contributed by atoms with Gasteiger partial charge in [-0.1, -0.05) is 11.8 Å². The number of hydrogen-bond donors (Lipinski definition) is 0. The maximum absolute atomic E-state index is 10.9. The van der Waals surface area contributed by atoms with Gasteiger partial charge in [-0.2, -0.15) is 0 Å². The minimum atomic E-state index is -0.0307. The number of thioether (sulfide) groups is 1. The third-order valence-corrected chi connectivity index (χ3v) is 3.16. The number of carbonyl (C=O) groups is 1. The van der Waals surface area contributed by atoms with E-state index in [4.69, 9.17) is 4.74 Å². The van der Waals surface area contributed by atoms with Gasteiger partial charge in [-0.25, -0.2) is 4.99 Å². The van der Waals surface area contributed by atoms with Gasteiger partial charge in [-0.05, 0) is 7.05 Å². The molecule has 4 nitrogen and oxygen atoms in total. The Bertz CT molecular complexity index is 255. The zero-order valence-corrected chi connectivity index (χ0v) is 8.34. The molecule has 0 aromatic carbocycles. The summed E-state index contributed by atoms with van der Waals surface area (Å²) in [4.78, 5) is 17.0. The second-order valence-electron chi connectivity index (χ2n) is 3.25. The van der Waals surface area contributed by atoms with Gasteiger partial charge in [-0.3, -0.25) is 4.79 Å². The number of hydrogen-bond acceptors (Lipinski definition) is 4. The molecule has 1 fully saturated rings. The summed E-state index contributed by atoms with van der Waals surface area (Å²) < 4.78 is 5.54. The smallest absolute Gasteiger partial charge is 0.256 e. The predicted molar refractivity (Wildman–Crippen MR) is 52.1 cm³/mol. The molecule has 0 spiro atoms. The van der Waals surface area contributed by atoms with E-state index in [9.17, 15) is 4.79 Å². The third kappa shape index (κ3) is 2.10. The SMILES string of the molecule is CN1CCOC(C2=NC(=O)CS2)C1. The van der Waals surface area contributed by atoms with Gasteiger partial charge in [0.2, 0.25) is 0 Å². The van der Waals surface area contributed by atoms with Crippen LogP contribution in [0.25, 0.3) is 0 Å². The van der Waals surface area contributed by atoms with Crippen LogP contribution in [-0.2, 0) is 9.53 Å². The Balaban J connectivity index is 2.00. The summed E-state index contributed by atoms with van der Waals surface area (Å²) in [5, 5.41) is 0.858. The molecule has 0 bridgehead atoms. The van der Waals surface area contributed by atoms with Crippen LogP contribution in [0.2, 0.25) is 0 Å². The Morgan fingerprint density at radius 1 is 1.69 bits per heavy atom. The number of carbonyl (C=O) groups excluding carboxylic acids is 1. The van der Waals surface area contributed by atoms with Crippen LogP contribution in [0.3, 0.4) is 0 Å². The fraction of sp³-hybridized carbons (Fsp3) is 0.750. The molecule has 1 amide bonds. The summed E-state index contributed by atoms with van der Waals surface area (Å²) in [5.41, 5.74) is 0. The van der Waals surface area contributed by atoms with Crippen molar-refractivity contribution in [3.05, 3.63) is 0 Å². The van der Waals surface area contributed by atoms with Gasteiger partial charge < -0.3 is 9.64 Å². The molecule has 1 unspecified atom stereocenters. The second kappa shape index (κ2) is 3.77. The lowest BCUT2D eigenvalue weighted by Gasteiger charge is -2.29. The first-order chi connectivity index (χ1) is 6.25. The van der Waals surface area contributed by atoms with Gasteiger partial charge in [0.05, 0.1) is 12.4 Å². The van der Waals surface area contributed by atoms with E-state index in [0.29, 0.717) is 5.75 Å². The van der Waals surface area contributed by atoms with Crippen LogP contribution in [0.1, 0.15) is 0 Å². The van der Waals surface area contributed by atoms with Crippen molar-refractivity contribution in [1.29, 1.82) is 0 Å². The Hall–Kier alpha value is -0.390. The van der Waals surface area contributed by atoms with Crippen molar-refractivity contribution in [3.63, 3.8) is 0 Å². The zero-order chi connectivity index (χ0) is 9.26. The van der Waals surface area contributed by atoms with E-state index in [1.807, 2.05) is 0 Å². The number of amides is 1. The standard InChI is InChI=1S/C8H12N2O2S/c1-10-2-3-12-6(4-10)8-9-7(11)5-13-8/h6H,2-5H2,1H3. The molecular formula is C8H12N2O2S. The summed E-state index contributed by atoms with van der Waals surface area (Å²) in [5.74, 6) is 0.454. The van der Waals surface area contributed by atoms with Crippen molar-refractivity contribution in [2.24, 2.45) is 4.99 Å². The fourth-order valence-corrected chi connectivity index (χ4v) is 2.25. The molecule has 0 aromatic rings. The Kier molecular flexibility index (Phi) is 2.66. The number of morpholine rings is 1. The molecular weight excluding hydrogens is 188 g/mol. The number of likely N-dealkylation sites (N-methyl/N-ethyl adjacent to an activating group) is 1. The van der Waals surface area contributed by atoms with E-state index in [1.165, 1.54) is 11.8 Å². The van der Waals surface area contributed by atoms with Gasteiger partial charge in [0.25, 0.3) is 5.91 Å². The quantitative estimate of drug-likeness (QED) is 0.597. The highest BCUT2D eigenvalue weighted by Gasteiger charge is 2.27. The maximum Gasteiger partial charge on any atom is 0.256 e. The van der Waals surface area contributed by atoms with Crippen molar-refractivity contribution in [1.82, 2.24) is 4.90 Å². The van der Waals surface area contributed by atoms with Crippen molar-refractivity contribution >= 4 is 22.7 Å². The Morgan fingerprint density at radius 2 is 2.54 bits per heavy atom. The lowest BCUT2D eigenvalue weighted by Crippen LogP contribution is -2.43. The normalized spacial score (nSPS) is 30.7. The molecule has 2 aliphatic heterocycles. The first-order valence-corrected chi connectivity index (χ1v) is 5.28. The van der Waals surface area contributed by atoms with E-state index >= 15 is 0 Å². The van der Waals surface area contributed by atoms with Crippen molar-refractivity contribution in [2.75, 3.05) is 32.5 Å². The van der Waals surface area contributed by atoms with E-state index in [0.717, 1.165) is 24.7 Å². The number of aliphatic imine (C=N–C) groups is 1. The maximum atomic E-state index is 10.9. The van der Waals surface area contributed by atoms with Crippen LogP contribution in [0, 0.1) is 0 Å². The van der Waals surface area contributed by atoms with Crippen LogP contribution in [0.4, 0.5) is 0 Å². The average molecular weight is 200 g/mol. The zero-order valence-electron chi connectivity index (χ0n) is 7.52. The molecule has 0 aromatic heterocycles. The number of rotatable bonds is 1. The van der Waals surface area contributed by atoms with E-state index in [-0.39, 0.29) is 12.0 Å². The highest BCUT2D eigenvalue weighted by atomic mass is 32.2. The minimum Gasteiger partial charge on any atom is -0.369 e. The van der Waals surface area contributed by atoms with Crippen molar-refractivity contribution < 1.29 is 9.53 Å². The topological polar surface area (TPSA) is 41.9 Å². The van der Waals surface area contributed by atoms with E-state index < -0.39 is 0 Å². The molecule has 0 radical (unpaired) electrons. The summed E-state index contributed by atoms with van der Waals surface area (Å²) in [6.07, 6.45) is 0.0233. The Morgan fingerprint density at radius 3 is 3.15 bits per heavy atom. The third-order valence-electron chi connectivity index (χ3n) is 2.12. The summed E-state index contributed by atoms with van der Waals surface area (Å²) in [6.45, 7) is 2.54. The molecule has 0 saturated carbocycles. The fourth-order valence-electron chi connectivity index (χ4n) is 1.42. The second-order valence-corrected chi connectivity index (χ2v) is 4.25. The van der Waals surface area contributed by atoms with Gasteiger partial charge >= 0.3 is 0 Å². The number of nitrogens with zero attached hydrogens (tertiary/aromatic N) is 2. The molecule has 72 valence electrons. The molecule has 2 rings (SSSR count). The Labute approximate surface area is 81.3 Å². The van der Waals surface area contributed by atoms with Gasteiger partial charge in [0.1, 0.15) is 11.1 Å². The molecule has 1 atom stereocenters. The molecule has 2 aliphatic rings. The summed E-state index contributed by atoms with van der Waals surface area (Å²) in [6, 6.07) is 0. The van der Waals surface area contributed by atoms with Crippen LogP contribution in [0.15, 0.2) is 4.99 Å². The number of ether oxygens (including phenoxy) is 1. The monoisotopic (exact) mass is 200 g/mol. The van der Waals surface area contributed by atoms with E-state index in [2.05, 4.69) is 16.9 Å². The molecule has 1 saturated heterocycles. The van der Waals surface area contributed by atoms with Crippen molar-refractivity contribution in [3.8, 4) is 0 Å². The van der Waals surface area contributed by atoms with Gasteiger partial charge in [0.15, 0.2) is 0 Å². The van der Waals surface area contributed by atoms with Crippen LogP contribution >= 0.6 is 11.8 Å². The predicted octanol–water partition coefficient (Wildman–Crippen LogP) is -0.0111. The lowest BCUT2D eigenvalue weighted by atomic mass is 10.3. The molecule has 0 N–H and O–H groups in total. The first kappa shape index (κ1) is 9.18. The molecule has 0 aliphatic carbocycles. The first-order valence-electron chi connectivity index (χ1n) is 4.30. The molecule has 2 heterocycles. The van der Waals surface area contributed by atoms with Crippen LogP contribution < -0.4 is 0 Å². The summed E-state index contributed by atoms with van der Waals surface area (Å²) >= 11 is 1.51. The van der Waals surface area contributed by atoms with Gasteiger partial charge in [0, 0.05) is 13.1 Å². The van der Waals surface area contributed by atoms with E-state index in [1.54, 1.807) is 0 Å². The highest BCUT2D eigenvalue weighted by molar-refractivity contribution is 8.15. The van der Waals surface area contributed by atoms with Gasteiger partial charge in [-0.15, -0.1) is 0 Å². The molecule has 5 heteroatoms. The largest absolute Gasteiger partial charge is 0.369 e. The highest BCUT2D eigenvalue weighted by Crippen LogP contribution is 2.19. The minimum absolute atomic E-state index is 0.0233. The molecule has 13 heavy (non-hydrogen) atoms. The average Bonchev–Trinajstić information content (AvgIpc) is 2.52. The lowest BCUT2D eigenvalue weighted by molar-refractivity contribution is -0.115. The summed E-state index contributed by atoms with van der Waals surface area (Å²) in [7, 11) is 2.05. The van der Waals surface area contributed by atoms with Crippen LogP contribution in [-0.4, -0.2) is 54.5 Å².